The van der Waals surface area contributed by atoms with Crippen LogP contribution in [0.5, 0.6) is 0 Å². The number of carbonyl (C=O) groups excluding carboxylic acids is 1. The van der Waals surface area contributed by atoms with Gasteiger partial charge in [-0.1, -0.05) is 28.9 Å². The molecule has 0 aromatic heterocycles. The van der Waals surface area contributed by atoms with Gasteiger partial charge in [-0.15, -0.1) is 0 Å². The Labute approximate surface area is 89.9 Å². The van der Waals surface area contributed by atoms with E-state index in [1.165, 1.54) is 6.07 Å². The summed E-state index contributed by atoms with van der Waals surface area (Å²) in [4.78, 5) is 21.8. The molecular formula is C10H9BrO3. The minimum absolute atomic E-state index is 0.259. The number of rotatable bonds is 3. The second-order valence-electron chi connectivity index (χ2n) is 2.79. The van der Waals surface area contributed by atoms with E-state index in [4.69, 9.17) is 5.11 Å². The third-order valence-electron chi connectivity index (χ3n) is 1.89. The second kappa shape index (κ2) is 4.37. The van der Waals surface area contributed by atoms with Crippen LogP contribution in [-0.4, -0.2) is 16.9 Å². The maximum absolute atomic E-state index is 11.3. The number of hydrogen-bond donors (Lipinski definition) is 1. The molecule has 0 saturated heterocycles. The van der Waals surface area contributed by atoms with Crippen molar-refractivity contribution in [3.63, 3.8) is 0 Å². The Bertz CT molecular complexity index is 385. The summed E-state index contributed by atoms with van der Waals surface area (Å²) < 4.78 is 0.708. The van der Waals surface area contributed by atoms with Gasteiger partial charge < -0.3 is 5.11 Å². The molecule has 0 heterocycles. The van der Waals surface area contributed by atoms with E-state index in [0.717, 1.165) is 5.56 Å². The first-order valence-corrected chi connectivity index (χ1v) is 4.91. The van der Waals surface area contributed by atoms with Crippen molar-refractivity contribution in [1.82, 2.24) is 0 Å². The molecule has 0 unspecified atom stereocenters. The van der Waals surface area contributed by atoms with Crippen molar-refractivity contribution in [2.75, 3.05) is 0 Å². The summed E-state index contributed by atoms with van der Waals surface area (Å²) in [6.45, 7) is 1.88. The van der Waals surface area contributed by atoms with Crippen molar-refractivity contribution in [3.05, 3.63) is 33.8 Å². The predicted molar refractivity (Wildman–Crippen MR) is 55.5 cm³/mol. The molecule has 0 bridgehead atoms. The third kappa shape index (κ3) is 2.20. The molecule has 0 fully saturated rings. The Balaban J connectivity index is 3.23. The Morgan fingerprint density at radius 1 is 1.43 bits per heavy atom. The molecule has 0 spiro atoms. The number of carbonyl (C=O) groups is 2. The minimum Gasteiger partial charge on any atom is -0.475 e. The van der Waals surface area contributed by atoms with E-state index in [0.29, 0.717) is 10.9 Å². The summed E-state index contributed by atoms with van der Waals surface area (Å²) in [6.07, 6.45) is 0.641. The van der Waals surface area contributed by atoms with Crippen LogP contribution in [0.2, 0.25) is 0 Å². The molecule has 14 heavy (non-hydrogen) atoms. The summed E-state index contributed by atoms with van der Waals surface area (Å²) in [5.41, 5.74) is 1.01. The first-order chi connectivity index (χ1) is 6.56. The Morgan fingerprint density at radius 3 is 2.57 bits per heavy atom. The normalized spacial score (nSPS) is 9.86. The molecule has 1 N–H and O–H groups in total. The van der Waals surface area contributed by atoms with Crippen LogP contribution in [0.4, 0.5) is 0 Å². The van der Waals surface area contributed by atoms with Gasteiger partial charge in [-0.3, -0.25) is 4.79 Å². The molecule has 74 valence electrons. The van der Waals surface area contributed by atoms with Crippen LogP contribution >= 0.6 is 15.9 Å². The van der Waals surface area contributed by atoms with Gasteiger partial charge in [-0.05, 0) is 24.1 Å². The zero-order chi connectivity index (χ0) is 10.7. The van der Waals surface area contributed by atoms with E-state index in [-0.39, 0.29) is 5.56 Å². The van der Waals surface area contributed by atoms with Gasteiger partial charge in [0.25, 0.3) is 5.78 Å². The molecule has 0 radical (unpaired) electrons. The lowest BCUT2D eigenvalue weighted by Crippen LogP contribution is -2.14. The first-order valence-electron chi connectivity index (χ1n) is 4.12. The van der Waals surface area contributed by atoms with Crippen molar-refractivity contribution < 1.29 is 14.7 Å². The van der Waals surface area contributed by atoms with E-state index >= 15 is 0 Å². The van der Waals surface area contributed by atoms with Crippen LogP contribution in [0.3, 0.4) is 0 Å². The number of aryl methyl sites for hydroxylation is 1. The van der Waals surface area contributed by atoms with Gasteiger partial charge in [0.15, 0.2) is 0 Å². The lowest BCUT2D eigenvalue weighted by molar-refractivity contribution is -0.131. The van der Waals surface area contributed by atoms with Crippen LogP contribution in [0.25, 0.3) is 0 Å². The number of ketones is 1. The average molecular weight is 257 g/mol. The third-order valence-corrected chi connectivity index (χ3v) is 2.38. The van der Waals surface area contributed by atoms with E-state index < -0.39 is 11.8 Å². The van der Waals surface area contributed by atoms with E-state index in [1.54, 1.807) is 12.1 Å². The van der Waals surface area contributed by atoms with Gasteiger partial charge >= 0.3 is 5.97 Å². The Kier molecular flexibility index (Phi) is 3.41. The van der Waals surface area contributed by atoms with Gasteiger partial charge in [0, 0.05) is 10.0 Å². The van der Waals surface area contributed by atoms with Crippen LogP contribution < -0.4 is 0 Å². The highest BCUT2D eigenvalue weighted by Gasteiger charge is 2.17. The lowest BCUT2D eigenvalue weighted by Gasteiger charge is -2.04. The smallest absolute Gasteiger partial charge is 0.377 e. The fraction of sp³-hybridized carbons (Fsp3) is 0.200. The van der Waals surface area contributed by atoms with Crippen molar-refractivity contribution in [3.8, 4) is 0 Å². The number of benzene rings is 1. The largest absolute Gasteiger partial charge is 0.475 e. The molecule has 3 nitrogen and oxygen atoms in total. The van der Waals surface area contributed by atoms with E-state index in [2.05, 4.69) is 15.9 Å². The first kappa shape index (κ1) is 10.9. The molecule has 0 atom stereocenters. The van der Waals surface area contributed by atoms with Crippen molar-refractivity contribution in [1.29, 1.82) is 0 Å². The zero-order valence-electron chi connectivity index (χ0n) is 7.58. The highest BCUT2D eigenvalue weighted by atomic mass is 79.9. The summed E-state index contributed by atoms with van der Waals surface area (Å²) in [5.74, 6) is -2.28. The molecule has 0 aliphatic heterocycles. The quantitative estimate of drug-likeness (QED) is 0.667. The van der Waals surface area contributed by atoms with Crippen LogP contribution in [-0.2, 0) is 11.2 Å². The molecule has 0 saturated carbocycles. The fourth-order valence-electron chi connectivity index (χ4n) is 1.18. The van der Waals surface area contributed by atoms with Gasteiger partial charge in [0.05, 0.1) is 0 Å². The summed E-state index contributed by atoms with van der Waals surface area (Å²) >= 11 is 3.20. The van der Waals surface area contributed by atoms with E-state index in [9.17, 15) is 9.59 Å². The monoisotopic (exact) mass is 256 g/mol. The SMILES string of the molecule is CCc1ccc(Br)cc1C(=O)C(=O)O. The van der Waals surface area contributed by atoms with Crippen LogP contribution in [0.1, 0.15) is 22.8 Å². The average Bonchev–Trinajstić information content (AvgIpc) is 2.16. The zero-order valence-corrected chi connectivity index (χ0v) is 9.17. The van der Waals surface area contributed by atoms with Crippen molar-refractivity contribution in [2.45, 2.75) is 13.3 Å². The predicted octanol–water partition coefficient (Wildman–Crippen LogP) is 2.28. The fourth-order valence-corrected chi connectivity index (χ4v) is 1.54. The lowest BCUT2D eigenvalue weighted by atomic mass is 10.0. The molecule has 0 aliphatic carbocycles. The second-order valence-corrected chi connectivity index (χ2v) is 3.70. The molecule has 0 aliphatic rings. The number of carboxylic acid groups (broad SMARTS) is 1. The molecular weight excluding hydrogens is 248 g/mol. The van der Waals surface area contributed by atoms with Gasteiger partial charge in [-0.25, -0.2) is 4.79 Å². The van der Waals surface area contributed by atoms with Gasteiger partial charge in [-0.2, -0.15) is 0 Å². The highest BCUT2D eigenvalue weighted by molar-refractivity contribution is 9.10. The molecule has 0 amide bonds. The number of hydrogen-bond acceptors (Lipinski definition) is 2. The maximum atomic E-state index is 11.3. The topological polar surface area (TPSA) is 54.4 Å². The summed E-state index contributed by atoms with van der Waals surface area (Å²) in [5, 5.41) is 8.58. The maximum Gasteiger partial charge on any atom is 0.377 e. The van der Waals surface area contributed by atoms with Crippen LogP contribution in [0.15, 0.2) is 22.7 Å². The molecule has 1 rings (SSSR count). The number of Topliss-reactive ketones (excluding diaryl/α,β-unsaturated/α-hetero) is 1. The molecule has 1 aromatic carbocycles. The van der Waals surface area contributed by atoms with E-state index in [1.807, 2.05) is 6.92 Å². The van der Waals surface area contributed by atoms with Crippen molar-refractivity contribution >= 4 is 27.7 Å². The van der Waals surface area contributed by atoms with Crippen LogP contribution in [0, 0.1) is 0 Å². The summed E-state index contributed by atoms with van der Waals surface area (Å²) in [6, 6.07) is 5.08. The standard InChI is InChI=1S/C10H9BrO3/c1-2-6-3-4-7(11)5-8(6)9(12)10(13)14/h3-5H,2H2,1H3,(H,13,14). The minimum atomic E-state index is -1.42. The van der Waals surface area contributed by atoms with Gasteiger partial charge in [0.2, 0.25) is 0 Å². The highest BCUT2D eigenvalue weighted by Crippen LogP contribution is 2.17. The van der Waals surface area contributed by atoms with Crippen molar-refractivity contribution in [2.24, 2.45) is 0 Å². The number of halogens is 1. The summed E-state index contributed by atoms with van der Waals surface area (Å²) in [7, 11) is 0. The number of aliphatic carboxylic acids is 1. The molecule has 4 heteroatoms. The van der Waals surface area contributed by atoms with Gasteiger partial charge in [0.1, 0.15) is 0 Å². The Hall–Kier alpha value is -1.16. The number of carboxylic acids is 1. The molecule has 1 aromatic rings. The Morgan fingerprint density at radius 2 is 2.07 bits per heavy atom.